The molecule has 1 aromatic rings. The van der Waals surface area contributed by atoms with Gasteiger partial charge in [-0.15, -0.1) is 12.4 Å². The van der Waals surface area contributed by atoms with Crippen LogP contribution in [0, 0.1) is 5.92 Å². The summed E-state index contributed by atoms with van der Waals surface area (Å²) in [5, 5.41) is 4.06. The van der Waals surface area contributed by atoms with Crippen molar-refractivity contribution in [2.24, 2.45) is 5.92 Å². The zero-order valence-corrected chi connectivity index (χ0v) is 14.6. The Morgan fingerprint density at radius 1 is 1.29 bits per heavy atom. The third kappa shape index (κ3) is 6.30. The minimum atomic E-state index is -3.33. The van der Waals surface area contributed by atoms with Gasteiger partial charge in [0.05, 0.1) is 15.8 Å². The van der Waals surface area contributed by atoms with Crippen LogP contribution in [0.1, 0.15) is 18.4 Å². The average Bonchev–Trinajstić information content (AvgIpc) is 2.86. The monoisotopic (exact) mass is 372 g/mol. The maximum absolute atomic E-state index is 12.0. The maximum Gasteiger partial charge on any atom is 0.215 e. The first-order valence-electron chi connectivity index (χ1n) is 6.58. The average molecular weight is 374 g/mol. The van der Waals surface area contributed by atoms with Crippen molar-refractivity contribution in [2.75, 3.05) is 19.6 Å². The van der Waals surface area contributed by atoms with Gasteiger partial charge in [-0.2, -0.15) is 0 Å². The van der Waals surface area contributed by atoms with E-state index in [2.05, 4.69) is 10.0 Å². The van der Waals surface area contributed by atoms with E-state index >= 15 is 0 Å². The number of rotatable bonds is 6. The van der Waals surface area contributed by atoms with Crippen molar-refractivity contribution < 1.29 is 8.42 Å². The molecule has 0 radical (unpaired) electrons. The molecule has 0 aromatic heterocycles. The lowest BCUT2D eigenvalue weighted by Gasteiger charge is -2.10. The molecule has 4 nitrogen and oxygen atoms in total. The predicted octanol–water partition coefficient (Wildman–Crippen LogP) is 2.83. The highest BCUT2D eigenvalue weighted by Gasteiger charge is 2.16. The smallest absolute Gasteiger partial charge is 0.215 e. The Bertz CT molecular complexity index is 561. The molecule has 0 aliphatic carbocycles. The third-order valence-corrected chi connectivity index (χ3v) is 5.47. The minimum absolute atomic E-state index is 0. The summed E-state index contributed by atoms with van der Waals surface area (Å²) in [6, 6.07) is 4.87. The second kappa shape index (κ2) is 8.56. The molecule has 1 aliphatic heterocycles. The number of hydrogen-bond acceptors (Lipinski definition) is 3. The molecule has 0 spiro atoms. The lowest BCUT2D eigenvalue weighted by molar-refractivity contribution is 0.519. The van der Waals surface area contributed by atoms with Gasteiger partial charge in [0.15, 0.2) is 0 Å². The van der Waals surface area contributed by atoms with Gasteiger partial charge in [-0.05, 0) is 49.5 Å². The topological polar surface area (TPSA) is 58.2 Å². The fourth-order valence-electron chi connectivity index (χ4n) is 2.28. The molecule has 1 saturated heterocycles. The molecule has 1 heterocycles. The van der Waals surface area contributed by atoms with Gasteiger partial charge in [-0.1, -0.05) is 29.3 Å². The van der Waals surface area contributed by atoms with Gasteiger partial charge in [0.25, 0.3) is 0 Å². The van der Waals surface area contributed by atoms with Crippen molar-refractivity contribution >= 4 is 45.6 Å². The first-order valence-corrected chi connectivity index (χ1v) is 8.99. The molecule has 1 atom stereocenters. The van der Waals surface area contributed by atoms with E-state index in [1.54, 1.807) is 18.2 Å². The second-order valence-corrected chi connectivity index (χ2v) is 7.67. The van der Waals surface area contributed by atoms with Crippen LogP contribution in [0.25, 0.3) is 0 Å². The van der Waals surface area contributed by atoms with E-state index in [1.807, 2.05) is 0 Å². The molecule has 0 saturated carbocycles. The normalized spacial score (nSPS) is 18.5. The summed E-state index contributed by atoms with van der Waals surface area (Å²) in [4.78, 5) is 0. The summed E-state index contributed by atoms with van der Waals surface area (Å²) in [7, 11) is -3.33. The molecule has 2 rings (SSSR count). The van der Waals surface area contributed by atoms with E-state index in [0.717, 1.165) is 25.9 Å². The van der Waals surface area contributed by atoms with Gasteiger partial charge in [-0.25, -0.2) is 13.1 Å². The standard InChI is InChI=1S/C13H18Cl2N2O2S.ClH/c14-12-2-1-11(7-13(12)15)9-20(18,19)17-6-4-10-3-5-16-8-10;/h1-2,7,10,16-17H,3-6,8-9H2;1H. The molecule has 120 valence electrons. The summed E-state index contributed by atoms with van der Waals surface area (Å²) in [5.41, 5.74) is 0.634. The number of sulfonamides is 1. The second-order valence-electron chi connectivity index (χ2n) is 5.05. The molecule has 8 heteroatoms. The molecular weight excluding hydrogens is 355 g/mol. The SMILES string of the molecule is Cl.O=S(=O)(Cc1ccc(Cl)c(Cl)c1)NCCC1CCNC1. The van der Waals surface area contributed by atoms with E-state index in [4.69, 9.17) is 23.2 Å². The van der Waals surface area contributed by atoms with Crippen LogP contribution in [-0.4, -0.2) is 28.1 Å². The summed E-state index contributed by atoms with van der Waals surface area (Å²) in [5.74, 6) is 0.495. The Hall–Kier alpha value is -0.0400. The van der Waals surface area contributed by atoms with Gasteiger partial charge in [0.1, 0.15) is 0 Å². The fourth-order valence-corrected chi connectivity index (χ4v) is 3.75. The van der Waals surface area contributed by atoms with E-state index < -0.39 is 10.0 Å². The quantitative estimate of drug-likeness (QED) is 0.806. The van der Waals surface area contributed by atoms with E-state index in [9.17, 15) is 8.42 Å². The lowest BCUT2D eigenvalue weighted by Crippen LogP contribution is -2.27. The Morgan fingerprint density at radius 2 is 2.05 bits per heavy atom. The van der Waals surface area contributed by atoms with E-state index in [1.165, 1.54) is 0 Å². The van der Waals surface area contributed by atoms with E-state index in [-0.39, 0.29) is 18.2 Å². The van der Waals surface area contributed by atoms with Crippen molar-refractivity contribution in [1.29, 1.82) is 0 Å². The highest BCUT2D eigenvalue weighted by atomic mass is 35.5. The van der Waals surface area contributed by atoms with Gasteiger partial charge in [0, 0.05) is 6.54 Å². The molecular formula is C13H19Cl3N2O2S. The number of benzene rings is 1. The summed E-state index contributed by atoms with van der Waals surface area (Å²) < 4.78 is 26.6. The van der Waals surface area contributed by atoms with Gasteiger partial charge < -0.3 is 5.32 Å². The molecule has 1 fully saturated rings. The number of hydrogen-bond donors (Lipinski definition) is 2. The number of halogens is 3. The Kier molecular flexibility index (Phi) is 7.74. The Balaban J connectivity index is 0.00000220. The summed E-state index contributed by atoms with van der Waals surface area (Å²) >= 11 is 11.7. The Morgan fingerprint density at radius 3 is 2.67 bits per heavy atom. The van der Waals surface area contributed by atoms with Crippen molar-refractivity contribution in [3.63, 3.8) is 0 Å². The van der Waals surface area contributed by atoms with Crippen molar-refractivity contribution in [2.45, 2.75) is 18.6 Å². The predicted molar refractivity (Wildman–Crippen MR) is 89.9 cm³/mol. The first kappa shape index (κ1) is 19.0. The van der Waals surface area contributed by atoms with Crippen LogP contribution in [0.4, 0.5) is 0 Å². The van der Waals surface area contributed by atoms with Crippen LogP contribution < -0.4 is 10.0 Å². The van der Waals surface area contributed by atoms with Crippen LogP contribution in [-0.2, 0) is 15.8 Å². The van der Waals surface area contributed by atoms with Crippen LogP contribution in [0.3, 0.4) is 0 Å². The Labute approximate surface area is 142 Å². The van der Waals surface area contributed by atoms with Gasteiger partial charge >= 0.3 is 0 Å². The largest absolute Gasteiger partial charge is 0.316 e. The highest BCUT2D eigenvalue weighted by Crippen LogP contribution is 2.23. The highest BCUT2D eigenvalue weighted by molar-refractivity contribution is 7.88. The van der Waals surface area contributed by atoms with E-state index in [0.29, 0.717) is 28.1 Å². The van der Waals surface area contributed by atoms with Crippen LogP contribution in [0.2, 0.25) is 10.0 Å². The van der Waals surface area contributed by atoms with Crippen LogP contribution in [0.5, 0.6) is 0 Å². The molecule has 0 amide bonds. The van der Waals surface area contributed by atoms with Crippen LogP contribution >= 0.6 is 35.6 Å². The molecule has 2 N–H and O–H groups in total. The molecule has 1 unspecified atom stereocenters. The molecule has 21 heavy (non-hydrogen) atoms. The fraction of sp³-hybridized carbons (Fsp3) is 0.538. The van der Waals surface area contributed by atoms with Crippen molar-refractivity contribution in [3.05, 3.63) is 33.8 Å². The molecule has 0 bridgehead atoms. The first-order chi connectivity index (χ1) is 9.46. The minimum Gasteiger partial charge on any atom is -0.316 e. The van der Waals surface area contributed by atoms with Crippen molar-refractivity contribution in [3.8, 4) is 0 Å². The van der Waals surface area contributed by atoms with Crippen molar-refractivity contribution in [1.82, 2.24) is 10.0 Å². The summed E-state index contributed by atoms with van der Waals surface area (Å²) in [6.07, 6.45) is 1.99. The van der Waals surface area contributed by atoms with Gasteiger partial charge in [-0.3, -0.25) is 0 Å². The summed E-state index contributed by atoms with van der Waals surface area (Å²) in [6.45, 7) is 2.49. The lowest BCUT2D eigenvalue weighted by atomic mass is 10.1. The third-order valence-electron chi connectivity index (χ3n) is 3.38. The zero-order valence-electron chi connectivity index (χ0n) is 11.4. The van der Waals surface area contributed by atoms with Gasteiger partial charge in [0.2, 0.25) is 10.0 Å². The zero-order chi connectivity index (χ0) is 14.6. The molecule has 1 aliphatic rings. The molecule has 1 aromatic carbocycles. The number of nitrogens with one attached hydrogen (secondary N) is 2. The van der Waals surface area contributed by atoms with Crippen LogP contribution in [0.15, 0.2) is 18.2 Å². The maximum atomic E-state index is 12.0.